The maximum absolute atomic E-state index is 12.4. The number of hydrogen-bond donors (Lipinski definition) is 6. The van der Waals surface area contributed by atoms with Gasteiger partial charge < -0.3 is 36.1 Å². The molecule has 2 fully saturated rings. The molecule has 4 atom stereocenters. The Bertz CT molecular complexity index is 1770. The highest BCUT2D eigenvalue weighted by Crippen LogP contribution is 2.45. The monoisotopic (exact) mass is 779 g/mol. The predicted octanol–water partition coefficient (Wildman–Crippen LogP) is 5.59. The highest BCUT2D eigenvalue weighted by Gasteiger charge is 2.42. The first-order chi connectivity index (χ1) is 26.0. The van der Waals surface area contributed by atoms with E-state index >= 15 is 0 Å². The smallest absolute Gasteiger partial charge is 0.315 e. The van der Waals surface area contributed by atoms with Crippen LogP contribution in [0.2, 0.25) is 0 Å². The lowest BCUT2D eigenvalue weighted by atomic mass is 10.0. The fourth-order valence-corrected chi connectivity index (χ4v) is 11.1. The fraction of sp³-hybridized carbons (Fsp3) is 0.526. The summed E-state index contributed by atoms with van der Waals surface area (Å²) in [6.45, 7) is 1.62. The minimum absolute atomic E-state index is 0.0277. The minimum atomic E-state index is -0.0570. The molecule has 2 saturated heterocycles. The van der Waals surface area contributed by atoms with Crippen LogP contribution in [0.5, 0.6) is 11.5 Å². The van der Waals surface area contributed by atoms with Crippen molar-refractivity contribution in [1.29, 1.82) is 0 Å². The van der Waals surface area contributed by atoms with Gasteiger partial charge in [-0.1, -0.05) is 52.3 Å². The summed E-state index contributed by atoms with van der Waals surface area (Å²) in [4.78, 5) is 36.1. The zero-order chi connectivity index (χ0) is 36.6. The zero-order valence-electron chi connectivity index (χ0n) is 30.1. The molecule has 0 saturated carbocycles. The topological polar surface area (TPSA) is 158 Å². The number of carbonyl (C=O) groups excluding carboxylic acids is 3. The number of hydrogen-bond acceptors (Lipinski definition) is 10. The quantitative estimate of drug-likeness (QED) is 0.0380. The summed E-state index contributed by atoms with van der Waals surface area (Å²) in [7, 11) is 4.98. The summed E-state index contributed by atoms with van der Waals surface area (Å²) in [5.41, 5.74) is 7.23. The number of carbonyl (C=O) groups is 3. The van der Waals surface area contributed by atoms with Gasteiger partial charge in [0.1, 0.15) is 0 Å². The van der Waals surface area contributed by atoms with Crippen molar-refractivity contribution in [2.24, 2.45) is 0 Å². The largest absolute Gasteiger partial charge is 0.493 e. The fourth-order valence-electron chi connectivity index (χ4n) is 7.61. The van der Waals surface area contributed by atoms with E-state index < -0.39 is 0 Å². The molecule has 2 aliphatic heterocycles. The number of aromatic amines is 1. The number of aromatic nitrogens is 2. The van der Waals surface area contributed by atoms with Crippen molar-refractivity contribution in [3.8, 4) is 22.8 Å². The molecule has 0 bridgehead atoms. The number of unbranched alkanes of at least 4 members (excludes halogenated alkanes) is 1. The van der Waals surface area contributed by atoms with E-state index in [-0.39, 0.29) is 36.0 Å². The van der Waals surface area contributed by atoms with Crippen LogP contribution >= 0.6 is 33.3 Å². The Morgan fingerprint density at radius 3 is 2.74 bits per heavy atom. The van der Waals surface area contributed by atoms with Gasteiger partial charge in [0.05, 0.1) is 37.5 Å². The molecule has 4 amide bonds. The Kier molecular flexibility index (Phi) is 12.8. The number of ether oxygens (including phenoxy) is 2. The summed E-state index contributed by atoms with van der Waals surface area (Å²) in [5.74, 6) is 4.88. The predicted molar refractivity (Wildman–Crippen MR) is 214 cm³/mol. The summed E-state index contributed by atoms with van der Waals surface area (Å²) in [6.07, 6.45) is 7.43. The standard InChI is InChI=1S/C38H49N7O5S3/c1-49-30-21-26-24(19-27-35(26)44-45-37(27)41-28-12-11-23-7-2-3-8-25(23)28)20-31(30)50-16-6-14-39-34(47)13-17-52-53-18-15-40-33(46)10-5-4-9-32-36-29(22-51-32)42-38(48)43-36/h2-3,7-8,20-21,28-29,32,36H,4-6,9-19,22H2,1H3,(H,39,47)(H,40,46)(H2,41,44,45)(H2,42,43,48). The first kappa shape index (κ1) is 37.6. The van der Waals surface area contributed by atoms with Crippen molar-refractivity contribution in [3.05, 3.63) is 58.7 Å². The van der Waals surface area contributed by atoms with Crippen LogP contribution in [-0.4, -0.2) is 89.4 Å². The molecular formula is C38H49N7O5S3. The molecule has 3 aromatic rings. The van der Waals surface area contributed by atoms with E-state index in [9.17, 15) is 14.4 Å². The number of amides is 4. The molecule has 0 spiro atoms. The summed E-state index contributed by atoms with van der Waals surface area (Å²) >= 11 is 1.91. The van der Waals surface area contributed by atoms with Crippen LogP contribution in [0.25, 0.3) is 11.3 Å². The molecule has 1 aromatic heterocycles. The normalized spacial score (nSPS) is 20.5. The van der Waals surface area contributed by atoms with Gasteiger partial charge in [-0.25, -0.2) is 4.79 Å². The number of benzene rings is 2. The number of H-pyrrole nitrogens is 1. The molecule has 4 unspecified atom stereocenters. The number of fused-ring (bicyclic) bond motifs is 5. The first-order valence-corrected chi connectivity index (χ1v) is 22.2. The van der Waals surface area contributed by atoms with Crippen LogP contribution in [-0.2, 0) is 22.4 Å². The average Bonchev–Trinajstić information content (AvgIpc) is 3.98. The maximum atomic E-state index is 12.4. The minimum Gasteiger partial charge on any atom is -0.493 e. The molecule has 53 heavy (non-hydrogen) atoms. The summed E-state index contributed by atoms with van der Waals surface area (Å²) < 4.78 is 11.8. The first-order valence-electron chi connectivity index (χ1n) is 18.7. The number of urea groups is 1. The van der Waals surface area contributed by atoms with Gasteiger partial charge in [0.15, 0.2) is 17.3 Å². The Morgan fingerprint density at radius 2 is 1.83 bits per heavy atom. The van der Waals surface area contributed by atoms with Gasteiger partial charge in [0.25, 0.3) is 0 Å². The molecular weight excluding hydrogens is 731 g/mol. The molecule has 12 nitrogen and oxygen atoms in total. The second-order valence-electron chi connectivity index (χ2n) is 13.9. The van der Waals surface area contributed by atoms with Crippen molar-refractivity contribution in [2.45, 2.75) is 81.2 Å². The van der Waals surface area contributed by atoms with Gasteiger partial charge in [-0.2, -0.15) is 16.9 Å². The molecule has 3 heterocycles. The lowest BCUT2D eigenvalue weighted by Gasteiger charge is -2.16. The third-order valence-electron chi connectivity index (χ3n) is 10.3. The second-order valence-corrected chi connectivity index (χ2v) is 17.8. The van der Waals surface area contributed by atoms with Crippen molar-refractivity contribution in [2.75, 3.05) is 49.4 Å². The molecule has 0 radical (unpaired) electrons. The lowest BCUT2D eigenvalue weighted by Crippen LogP contribution is -2.36. The molecule has 15 heteroatoms. The highest BCUT2D eigenvalue weighted by molar-refractivity contribution is 8.76. The van der Waals surface area contributed by atoms with E-state index in [1.54, 1.807) is 28.7 Å². The van der Waals surface area contributed by atoms with Gasteiger partial charge in [0, 0.05) is 66.0 Å². The van der Waals surface area contributed by atoms with Crippen molar-refractivity contribution in [3.63, 3.8) is 0 Å². The van der Waals surface area contributed by atoms with Gasteiger partial charge in [0.2, 0.25) is 11.8 Å². The average molecular weight is 780 g/mol. The van der Waals surface area contributed by atoms with E-state index in [1.807, 2.05) is 17.8 Å². The van der Waals surface area contributed by atoms with E-state index in [0.29, 0.717) is 61.5 Å². The Hall–Kier alpha value is -3.69. The van der Waals surface area contributed by atoms with Crippen LogP contribution in [0.15, 0.2) is 36.4 Å². The number of aryl methyl sites for hydroxylation is 1. The van der Waals surface area contributed by atoms with Crippen molar-refractivity contribution in [1.82, 2.24) is 31.5 Å². The molecule has 6 N–H and O–H groups in total. The van der Waals surface area contributed by atoms with Crippen LogP contribution in [0.4, 0.5) is 10.6 Å². The van der Waals surface area contributed by atoms with Crippen molar-refractivity contribution < 1.29 is 23.9 Å². The van der Waals surface area contributed by atoms with Crippen molar-refractivity contribution >= 4 is 57.0 Å². The molecule has 2 aromatic carbocycles. The van der Waals surface area contributed by atoms with Gasteiger partial charge in [-0.05, 0) is 60.9 Å². The van der Waals surface area contributed by atoms with Crippen LogP contribution in [0.3, 0.4) is 0 Å². The Labute approximate surface area is 323 Å². The third-order valence-corrected chi connectivity index (χ3v) is 14.2. The zero-order valence-corrected chi connectivity index (χ0v) is 32.5. The Morgan fingerprint density at radius 1 is 0.981 bits per heavy atom. The Balaban J connectivity index is 0.722. The number of nitrogens with one attached hydrogen (secondary N) is 6. The third kappa shape index (κ3) is 9.34. The number of thioether (sulfide) groups is 1. The van der Waals surface area contributed by atoms with Gasteiger partial charge >= 0.3 is 6.03 Å². The van der Waals surface area contributed by atoms with Crippen LogP contribution in [0.1, 0.15) is 73.2 Å². The summed E-state index contributed by atoms with van der Waals surface area (Å²) in [6, 6.07) is 13.4. The molecule has 284 valence electrons. The molecule has 2 aliphatic carbocycles. The lowest BCUT2D eigenvalue weighted by molar-refractivity contribution is -0.121. The van der Waals surface area contributed by atoms with E-state index in [0.717, 1.165) is 67.1 Å². The maximum Gasteiger partial charge on any atom is 0.315 e. The SMILES string of the molecule is COc1cc2c(cc1OCCCNC(=O)CCSSCCNC(=O)CCCCC1SCC3NC(=O)NC31)Cc1c(NC3CCc4ccccc43)n[nH]c1-2. The van der Waals surface area contributed by atoms with E-state index in [2.05, 4.69) is 67.1 Å². The molecule has 7 rings (SSSR count). The molecule has 4 aliphatic rings. The number of nitrogens with zero attached hydrogens (tertiary/aromatic N) is 1. The highest BCUT2D eigenvalue weighted by atomic mass is 33.1. The van der Waals surface area contributed by atoms with Gasteiger partial charge in [-0.3, -0.25) is 14.7 Å². The second kappa shape index (κ2) is 18.1. The number of rotatable bonds is 20. The number of methoxy groups -OCH3 is 1. The van der Waals surface area contributed by atoms with E-state index in [1.165, 1.54) is 22.3 Å². The van der Waals surface area contributed by atoms with E-state index in [4.69, 9.17) is 9.47 Å². The van der Waals surface area contributed by atoms with Crippen LogP contribution in [0, 0.1) is 0 Å². The van der Waals surface area contributed by atoms with Gasteiger partial charge in [-0.15, -0.1) is 0 Å². The summed E-state index contributed by atoms with van der Waals surface area (Å²) in [5, 5.41) is 24.0. The number of anilines is 1. The van der Waals surface area contributed by atoms with Crippen LogP contribution < -0.4 is 36.1 Å².